The molecule has 0 aliphatic carbocycles. The standard InChI is InChI=1S/C42H24N4O/c1-2-7-28-21-30(13-9-25(28)5-1)40-44-41(31-16-17-34-29(22-31)15-18-35-37-24-43-20-19-38(37)47-39(34)35)46-42(45-40)32-14-12-27-11-10-26-6-3-4-8-33(26)36(27)23-32/h1-24H. The van der Waals surface area contributed by atoms with Crippen molar-refractivity contribution in [2.24, 2.45) is 0 Å². The third-order valence-electron chi connectivity index (χ3n) is 9.16. The predicted octanol–water partition coefficient (Wildman–Crippen LogP) is 10.8. The molecule has 218 valence electrons. The molecule has 0 N–H and O–H groups in total. The molecule has 7 aromatic carbocycles. The van der Waals surface area contributed by atoms with Gasteiger partial charge in [-0.1, -0.05) is 97.1 Å². The van der Waals surface area contributed by atoms with Gasteiger partial charge < -0.3 is 4.42 Å². The minimum absolute atomic E-state index is 0.618. The normalized spacial score (nSPS) is 11.8. The maximum Gasteiger partial charge on any atom is 0.164 e. The average molecular weight is 601 g/mol. The van der Waals surface area contributed by atoms with Crippen LogP contribution in [0.3, 0.4) is 0 Å². The second-order valence-corrected chi connectivity index (χ2v) is 11.9. The highest BCUT2D eigenvalue weighted by Gasteiger charge is 2.16. The smallest absolute Gasteiger partial charge is 0.164 e. The van der Waals surface area contributed by atoms with Crippen molar-refractivity contribution in [2.45, 2.75) is 0 Å². The Bertz CT molecular complexity index is 2870. The van der Waals surface area contributed by atoms with Gasteiger partial charge in [0, 0.05) is 45.2 Å². The van der Waals surface area contributed by atoms with Crippen molar-refractivity contribution in [3.8, 4) is 34.2 Å². The SMILES string of the molecule is c1ccc2cc(-c3nc(-c4ccc5c(ccc6c7cnccc7oc56)c4)nc(-c4ccc5ccc6ccccc6c5c4)n3)ccc2c1. The molecule has 5 nitrogen and oxygen atoms in total. The summed E-state index contributed by atoms with van der Waals surface area (Å²) in [5.74, 6) is 1.88. The van der Waals surface area contributed by atoms with E-state index in [1.807, 2.05) is 12.3 Å². The van der Waals surface area contributed by atoms with E-state index in [1.165, 1.54) is 26.9 Å². The minimum atomic E-state index is 0.618. The number of pyridine rings is 1. The van der Waals surface area contributed by atoms with E-state index >= 15 is 0 Å². The molecule has 3 aromatic heterocycles. The molecule has 0 saturated heterocycles. The average Bonchev–Trinajstić information content (AvgIpc) is 3.53. The summed E-state index contributed by atoms with van der Waals surface area (Å²) in [6, 6.07) is 46.5. The molecule has 0 amide bonds. The third-order valence-corrected chi connectivity index (χ3v) is 9.16. The van der Waals surface area contributed by atoms with Crippen LogP contribution >= 0.6 is 0 Å². The molecule has 47 heavy (non-hydrogen) atoms. The van der Waals surface area contributed by atoms with Gasteiger partial charge in [-0.15, -0.1) is 0 Å². The Balaban J connectivity index is 1.18. The minimum Gasteiger partial charge on any atom is -0.455 e. The van der Waals surface area contributed by atoms with Crippen LogP contribution in [0.2, 0.25) is 0 Å². The summed E-state index contributed by atoms with van der Waals surface area (Å²) < 4.78 is 6.28. The van der Waals surface area contributed by atoms with Crippen LogP contribution in [0.15, 0.2) is 150 Å². The van der Waals surface area contributed by atoms with Gasteiger partial charge in [0.1, 0.15) is 11.2 Å². The summed E-state index contributed by atoms with van der Waals surface area (Å²) in [5, 5.41) is 11.2. The molecule has 0 fully saturated rings. The predicted molar refractivity (Wildman–Crippen MR) is 191 cm³/mol. The van der Waals surface area contributed by atoms with E-state index in [0.717, 1.165) is 54.8 Å². The zero-order chi connectivity index (χ0) is 30.9. The first-order valence-electron chi connectivity index (χ1n) is 15.6. The summed E-state index contributed by atoms with van der Waals surface area (Å²) in [7, 11) is 0. The number of furan rings is 1. The topological polar surface area (TPSA) is 64.7 Å². The van der Waals surface area contributed by atoms with Gasteiger partial charge in [-0.25, -0.2) is 15.0 Å². The number of hydrogen-bond donors (Lipinski definition) is 0. The van der Waals surface area contributed by atoms with Crippen molar-refractivity contribution < 1.29 is 4.42 Å². The van der Waals surface area contributed by atoms with Crippen molar-refractivity contribution in [2.75, 3.05) is 0 Å². The Kier molecular flexibility index (Phi) is 5.51. The first-order chi connectivity index (χ1) is 23.2. The molecule has 0 spiro atoms. The molecule has 0 aliphatic heterocycles. The largest absolute Gasteiger partial charge is 0.455 e. The van der Waals surface area contributed by atoms with Crippen LogP contribution in [-0.2, 0) is 0 Å². The molecular weight excluding hydrogens is 576 g/mol. The fourth-order valence-electron chi connectivity index (χ4n) is 6.78. The van der Waals surface area contributed by atoms with Gasteiger partial charge in [0.25, 0.3) is 0 Å². The number of nitrogens with zero attached hydrogens (tertiary/aromatic N) is 4. The fourth-order valence-corrected chi connectivity index (χ4v) is 6.78. The molecule has 10 rings (SSSR count). The lowest BCUT2D eigenvalue weighted by Crippen LogP contribution is -2.00. The molecule has 10 aromatic rings. The Labute approximate surface area is 268 Å². The molecule has 3 heterocycles. The summed E-state index contributed by atoms with van der Waals surface area (Å²) in [6.45, 7) is 0. The lowest BCUT2D eigenvalue weighted by molar-refractivity contribution is 0.672. The lowest BCUT2D eigenvalue weighted by Gasteiger charge is -2.11. The zero-order valence-electron chi connectivity index (χ0n) is 25.1. The van der Waals surface area contributed by atoms with Crippen LogP contribution in [0.1, 0.15) is 0 Å². The Morgan fingerprint density at radius 1 is 0.383 bits per heavy atom. The van der Waals surface area contributed by atoms with Crippen LogP contribution in [0.4, 0.5) is 0 Å². The summed E-state index contributed by atoms with van der Waals surface area (Å²) in [4.78, 5) is 19.5. The molecule has 0 unspecified atom stereocenters. The Morgan fingerprint density at radius 3 is 1.77 bits per heavy atom. The van der Waals surface area contributed by atoms with Crippen molar-refractivity contribution >= 4 is 65.0 Å². The van der Waals surface area contributed by atoms with Crippen molar-refractivity contribution in [3.05, 3.63) is 146 Å². The highest BCUT2D eigenvalue weighted by Crippen LogP contribution is 2.36. The molecule has 0 radical (unpaired) electrons. The van der Waals surface area contributed by atoms with Gasteiger partial charge >= 0.3 is 0 Å². The lowest BCUT2D eigenvalue weighted by atomic mass is 9.99. The van der Waals surface area contributed by atoms with E-state index in [-0.39, 0.29) is 0 Å². The quantitative estimate of drug-likeness (QED) is 0.189. The third kappa shape index (κ3) is 4.17. The van der Waals surface area contributed by atoms with E-state index in [0.29, 0.717) is 17.5 Å². The first kappa shape index (κ1) is 25.8. The van der Waals surface area contributed by atoms with E-state index in [1.54, 1.807) is 6.20 Å². The van der Waals surface area contributed by atoms with Crippen molar-refractivity contribution in [1.29, 1.82) is 0 Å². The second kappa shape index (κ2) is 10.0. The number of fused-ring (bicyclic) bond motifs is 9. The molecular formula is C42H24N4O. The summed E-state index contributed by atoms with van der Waals surface area (Å²) in [5.41, 5.74) is 4.48. The van der Waals surface area contributed by atoms with Gasteiger partial charge in [-0.2, -0.15) is 0 Å². The van der Waals surface area contributed by atoms with Gasteiger partial charge in [0.2, 0.25) is 0 Å². The van der Waals surface area contributed by atoms with Gasteiger partial charge in [0.15, 0.2) is 17.5 Å². The fraction of sp³-hybridized carbons (Fsp3) is 0. The van der Waals surface area contributed by atoms with Gasteiger partial charge in [-0.3, -0.25) is 4.98 Å². The summed E-state index contributed by atoms with van der Waals surface area (Å²) >= 11 is 0. The van der Waals surface area contributed by atoms with Crippen molar-refractivity contribution in [3.63, 3.8) is 0 Å². The van der Waals surface area contributed by atoms with Gasteiger partial charge in [-0.05, 0) is 74.1 Å². The van der Waals surface area contributed by atoms with E-state index < -0.39 is 0 Å². The monoisotopic (exact) mass is 600 g/mol. The molecule has 0 bridgehead atoms. The van der Waals surface area contributed by atoms with Crippen LogP contribution in [0.25, 0.3) is 99.2 Å². The van der Waals surface area contributed by atoms with Crippen LogP contribution in [0, 0.1) is 0 Å². The molecule has 0 atom stereocenters. The van der Waals surface area contributed by atoms with Crippen LogP contribution in [-0.4, -0.2) is 19.9 Å². The molecule has 5 heteroatoms. The molecule has 0 aliphatic rings. The molecule has 0 saturated carbocycles. The maximum absolute atomic E-state index is 6.28. The number of rotatable bonds is 3. The Morgan fingerprint density at radius 2 is 0.957 bits per heavy atom. The van der Waals surface area contributed by atoms with Gasteiger partial charge in [0.05, 0.1) is 0 Å². The second-order valence-electron chi connectivity index (χ2n) is 11.9. The number of hydrogen-bond acceptors (Lipinski definition) is 5. The highest BCUT2D eigenvalue weighted by molar-refractivity contribution is 6.15. The maximum atomic E-state index is 6.28. The van der Waals surface area contributed by atoms with Crippen LogP contribution < -0.4 is 0 Å². The van der Waals surface area contributed by atoms with E-state index in [4.69, 9.17) is 19.4 Å². The van der Waals surface area contributed by atoms with Crippen molar-refractivity contribution in [1.82, 2.24) is 19.9 Å². The van der Waals surface area contributed by atoms with E-state index in [2.05, 4.69) is 132 Å². The number of benzene rings is 7. The Hall–Kier alpha value is -6.46. The van der Waals surface area contributed by atoms with E-state index in [9.17, 15) is 0 Å². The zero-order valence-corrected chi connectivity index (χ0v) is 25.1. The highest BCUT2D eigenvalue weighted by atomic mass is 16.3. The summed E-state index contributed by atoms with van der Waals surface area (Å²) in [6.07, 6.45) is 3.62. The van der Waals surface area contributed by atoms with Crippen LogP contribution in [0.5, 0.6) is 0 Å². The number of aromatic nitrogens is 4. The first-order valence-corrected chi connectivity index (χ1v) is 15.6.